The lowest BCUT2D eigenvalue weighted by Crippen LogP contribution is -2.60. The highest BCUT2D eigenvalue weighted by atomic mass is 79.9. The standard InChI is InChI=1S/C33H27BrCl2N2O6/c34-16-38-30(43)32(35)15-23-21(27(33(32,36)31(38)44)26-20-4-2-1-3-18(20)7-12-24(26)40)10-11-22-25(23)29(42)37(28(22)41)14-13-17-5-8-19(39)9-6-17/h1-10,12,22-23,25,27,39-40H,11,13-16H2. The van der Waals surface area contributed by atoms with Gasteiger partial charge in [-0.3, -0.25) is 29.0 Å². The van der Waals surface area contributed by atoms with Gasteiger partial charge < -0.3 is 10.2 Å². The molecule has 11 heteroatoms. The number of allylic oxidation sites excluding steroid dienone is 2. The van der Waals surface area contributed by atoms with Crippen LogP contribution in [0.25, 0.3) is 10.8 Å². The topological polar surface area (TPSA) is 115 Å². The van der Waals surface area contributed by atoms with Crippen LogP contribution in [0.2, 0.25) is 0 Å². The summed E-state index contributed by atoms with van der Waals surface area (Å²) in [4.78, 5) is 54.0. The fraction of sp³-hybridized carbons (Fsp3) is 0.333. The van der Waals surface area contributed by atoms with Crippen molar-refractivity contribution >= 4 is 73.5 Å². The minimum absolute atomic E-state index is 0.113. The van der Waals surface area contributed by atoms with E-state index in [1.807, 2.05) is 30.3 Å². The number of halogens is 3. The molecule has 1 saturated carbocycles. The molecule has 6 atom stereocenters. The molecule has 3 fully saturated rings. The maximum absolute atomic E-state index is 14.1. The van der Waals surface area contributed by atoms with Crippen LogP contribution in [0.1, 0.15) is 29.9 Å². The van der Waals surface area contributed by atoms with Crippen molar-refractivity contribution in [3.63, 3.8) is 0 Å². The predicted molar refractivity (Wildman–Crippen MR) is 167 cm³/mol. The zero-order chi connectivity index (χ0) is 31.1. The van der Waals surface area contributed by atoms with Crippen molar-refractivity contribution in [2.24, 2.45) is 17.8 Å². The van der Waals surface area contributed by atoms with Crippen molar-refractivity contribution in [2.45, 2.75) is 34.9 Å². The molecule has 2 heterocycles. The number of phenolic OH excluding ortho intramolecular Hbond substituents is 2. The van der Waals surface area contributed by atoms with Crippen LogP contribution in [-0.2, 0) is 25.6 Å². The maximum atomic E-state index is 14.1. The van der Waals surface area contributed by atoms with E-state index in [-0.39, 0.29) is 48.2 Å². The second-order valence-electron chi connectivity index (χ2n) is 12.0. The molecule has 2 aliphatic heterocycles. The van der Waals surface area contributed by atoms with Crippen LogP contribution in [0.15, 0.2) is 72.3 Å². The summed E-state index contributed by atoms with van der Waals surface area (Å²) >= 11 is 17.9. The Balaban J connectivity index is 1.35. The Hall–Kier alpha value is -3.40. The summed E-state index contributed by atoms with van der Waals surface area (Å²) in [7, 11) is 0. The minimum Gasteiger partial charge on any atom is -0.508 e. The molecule has 4 amide bonds. The van der Waals surface area contributed by atoms with Gasteiger partial charge in [0.15, 0.2) is 9.75 Å². The molecule has 4 aliphatic rings. The summed E-state index contributed by atoms with van der Waals surface area (Å²) in [5.74, 6) is -5.18. The number of carbonyl (C=O) groups excluding carboxylic acids is 4. The van der Waals surface area contributed by atoms with E-state index in [2.05, 4.69) is 15.9 Å². The highest BCUT2D eigenvalue weighted by molar-refractivity contribution is 9.09. The Labute approximate surface area is 271 Å². The highest BCUT2D eigenvalue weighted by Gasteiger charge is 2.76. The van der Waals surface area contributed by atoms with Gasteiger partial charge in [-0.05, 0) is 59.7 Å². The molecular weight excluding hydrogens is 671 g/mol. The molecule has 3 aromatic rings. The average molecular weight is 698 g/mol. The van der Waals surface area contributed by atoms with E-state index in [9.17, 15) is 29.4 Å². The van der Waals surface area contributed by atoms with Crippen molar-refractivity contribution in [3.8, 4) is 11.5 Å². The molecule has 0 aromatic heterocycles. The van der Waals surface area contributed by atoms with E-state index < -0.39 is 45.2 Å². The van der Waals surface area contributed by atoms with Gasteiger partial charge in [0, 0.05) is 18.0 Å². The summed E-state index contributed by atoms with van der Waals surface area (Å²) in [5, 5.41) is 22.4. The molecule has 2 aliphatic carbocycles. The van der Waals surface area contributed by atoms with Crippen LogP contribution >= 0.6 is 39.1 Å². The van der Waals surface area contributed by atoms with Gasteiger partial charge in [0.05, 0.1) is 17.3 Å². The fourth-order valence-corrected chi connectivity index (χ4v) is 9.26. The van der Waals surface area contributed by atoms with Gasteiger partial charge in [-0.1, -0.05) is 70.0 Å². The summed E-state index contributed by atoms with van der Waals surface area (Å²) in [5.41, 5.74) is 1.72. The van der Waals surface area contributed by atoms with Crippen LogP contribution in [0.4, 0.5) is 0 Å². The van der Waals surface area contributed by atoms with Gasteiger partial charge >= 0.3 is 0 Å². The Morgan fingerprint density at radius 3 is 2.32 bits per heavy atom. The largest absolute Gasteiger partial charge is 0.508 e. The molecule has 2 N–H and O–H groups in total. The molecule has 44 heavy (non-hydrogen) atoms. The third-order valence-corrected chi connectivity index (χ3v) is 11.8. The first-order valence-corrected chi connectivity index (χ1v) is 16.2. The average Bonchev–Trinajstić information content (AvgIpc) is 3.34. The predicted octanol–water partition coefficient (Wildman–Crippen LogP) is 5.20. The minimum atomic E-state index is -2.00. The number of hydrogen-bond donors (Lipinski definition) is 2. The molecule has 0 spiro atoms. The van der Waals surface area contributed by atoms with E-state index >= 15 is 0 Å². The van der Waals surface area contributed by atoms with Crippen LogP contribution in [0.3, 0.4) is 0 Å². The lowest BCUT2D eigenvalue weighted by molar-refractivity contribution is -0.141. The summed E-state index contributed by atoms with van der Waals surface area (Å²) in [6, 6.07) is 17.2. The van der Waals surface area contributed by atoms with Crippen molar-refractivity contribution in [1.82, 2.24) is 9.80 Å². The van der Waals surface area contributed by atoms with E-state index in [1.54, 1.807) is 30.3 Å². The molecule has 7 rings (SSSR count). The van der Waals surface area contributed by atoms with Gasteiger partial charge in [0.25, 0.3) is 11.8 Å². The van der Waals surface area contributed by atoms with Crippen LogP contribution < -0.4 is 0 Å². The third kappa shape index (κ3) is 3.88. The number of amides is 4. The monoisotopic (exact) mass is 696 g/mol. The van der Waals surface area contributed by atoms with Crippen molar-refractivity contribution in [2.75, 3.05) is 12.0 Å². The van der Waals surface area contributed by atoms with Crippen molar-refractivity contribution in [1.29, 1.82) is 0 Å². The zero-order valence-electron chi connectivity index (χ0n) is 23.3. The smallest absolute Gasteiger partial charge is 0.254 e. The first kappa shape index (κ1) is 29.3. The van der Waals surface area contributed by atoms with Crippen molar-refractivity contribution < 1.29 is 29.4 Å². The number of benzene rings is 3. The molecule has 0 radical (unpaired) electrons. The number of hydrogen-bond acceptors (Lipinski definition) is 6. The number of alkyl halides is 3. The molecule has 0 bridgehead atoms. The number of aromatic hydroxyl groups is 2. The van der Waals surface area contributed by atoms with Gasteiger partial charge in [-0.2, -0.15) is 0 Å². The number of imide groups is 2. The Morgan fingerprint density at radius 2 is 1.59 bits per heavy atom. The van der Waals surface area contributed by atoms with Gasteiger partial charge in [0.2, 0.25) is 11.8 Å². The number of likely N-dealkylation sites (tertiary alicyclic amines) is 2. The lowest BCUT2D eigenvalue weighted by Gasteiger charge is -2.51. The molecule has 6 unspecified atom stereocenters. The maximum Gasteiger partial charge on any atom is 0.254 e. The fourth-order valence-electron chi connectivity index (χ4n) is 7.85. The number of fused-ring (bicyclic) bond motifs is 5. The quantitative estimate of drug-likeness (QED) is 0.164. The molecular formula is C33H27BrCl2N2O6. The highest BCUT2D eigenvalue weighted by Crippen LogP contribution is 2.66. The number of carbonyl (C=O) groups is 4. The summed E-state index contributed by atoms with van der Waals surface area (Å²) < 4.78 is 0. The Bertz CT molecular complexity index is 1800. The van der Waals surface area contributed by atoms with Gasteiger partial charge in [-0.15, -0.1) is 23.2 Å². The zero-order valence-corrected chi connectivity index (χ0v) is 26.3. The summed E-state index contributed by atoms with van der Waals surface area (Å²) in [6.45, 7) is 0.158. The summed E-state index contributed by atoms with van der Waals surface area (Å²) in [6.07, 6.45) is 2.39. The van der Waals surface area contributed by atoms with Gasteiger partial charge in [0.1, 0.15) is 11.5 Å². The van der Waals surface area contributed by atoms with Crippen LogP contribution in [-0.4, -0.2) is 65.4 Å². The lowest BCUT2D eigenvalue weighted by atomic mass is 9.56. The Morgan fingerprint density at radius 1 is 0.864 bits per heavy atom. The first-order valence-electron chi connectivity index (χ1n) is 14.4. The molecule has 226 valence electrons. The Kier molecular flexibility index (Phi) is 6.88. The van der Waals surface area contributed by atoms with E-state index in [4.69, 9.17) is 23.2 Å². The third-order valence-electron chi connectivity index (χ3n) is 9.90. The number of rotatable bonds is 5. The SMILES string of the molecule is O=C1C2CC=C3C(CC4(Cl)C(=O)N(CBr)C(=O)C4(Cl)C3c3c(O)ccc4ccccc34)C2C(=O)N1CCc1ccc(O)cc1. The first-order chi connectivity index (χ1) is 21.0. The molecule has 8 nitrogen and oxygen atoms in total. The van der Waals surface area contributed by atoms with E-state index in [0.29, 0.717) is 22.9 Å². The second kappa shape index (κ2) is 10.3. The van der Waals surface area contributed by atoms with Crippen LogP contribution in [0.5, 0.6) is 11.5 Å². The van der Waals surface area contributed by atoms with E-state index in [0.717, 1.165) is 15.8 Å². The molecule has 3 aromatic carbocycles. The number of phenols is 2. The normalized spacial score (nSPS) is 31.3. The van der Waals surface area contributed by atoms with Crippen molar-refractivity contribution in [3.05, 3.63) is 83.4 Å². The second-order valence-corrected chi connectivity index (χ2v) is 13.7. The number of nitrogens with zero attached hydrogens (tertiary/aromatic N) is 2. The molecule has 2 saturated heterocycles. The van der Waals surface area contributed by atoms with Crippen LogP contribution in [0, 0.1) is 17.8 Å². The van der Waals surface area contributed by atoms with E-state index in [1.165, 1.54) is 11.0 Å². The van der Waals surface area contributed by atoms with Gasteiger partial charge in [-0.25, -0.2) is 0 Å².